The number of methoxy groups -OCH3 is 2. The topological polar surface area (TPSA) is 71.1 Å². The van der Waals surface area contributed by atoms with Gasteiger partial charge in [0.15, 0.2) is 0 Å². The number of rotatable bonds is 5. The first-order chi connectivity index (χ1) is 10.6. The zero-order chi connectivity index (χ0) is 15.4. The number of fused-ring (bicyclic) bond motifs is 4. The van der Waals surface area contributed by atoms with Crippen LogP contribution in [-0.4, -0.2) is 88.7 Å². The van der Waals surface area contributed by atoms with Crippen molar-refractivity contribution >= 4 is 37.8 Å². The van der Waals surface area contributed by atoms with Crippen molar-refractivity contribution < 1.29 is 28.5 Å². The summed E-state index contributed by atoms with van der Waals surface area (Å²) in [7, 11) is 3.32. The Morgan fingerprint density at radius 3 is 1.64 bits per heavy atom. The molecule has 4 saturated heterocycles. The third kappa shape index (κ3) is 2.28. The van der Waals surface area contributed by atoms with Gasteiger partial charge in [-0.25, -0.2) is 0 Å². The van der Waals surface area contributed by atoms with E-state index in [2.05, 4.69) is 0 Å². The monoisotopic (exact) mass is 442 g/mol. The van der Waals surface area contributed by atoms with E-state index in [1.54, 1.807) is 14.2 Å². The van der Waals surface area contributed by atoms with E-state index in [1.807, 2.05) is 0 Å². The standard InChI is InChI=1S/C14H18O6Se2/c1-17-11-9-5(15)3-7(19-9)13(11)21-22-14-8-4-6(16)10(20-8)12(14)18-2/h7-14H,3-4H2,1-2H3/t7-,8+,9+,10-,11-,12+,13-,14+. The van der Waals surface area contributed by atoms with Crippen LogP contribution in [0.3, 0.4) is 0 Å². The van der Waals surface area contributed by atoms with Crippen LogP contribution in [0.25, 0.3) is 0 Å². The fraction of sp³-hybridized carbons (Fsp3) is 0.857. The van der Waals surface area contributed by atoms with Crippen LogP contribution in [-0.2, 0) is 28.5 Å². The molecule has 8 atom stereocenters. The Morgan fingerprint density at radius 1 is 0.864 bits per heavy atom. The van der Waals surface area contributed by atoms with Gasteiger partial charge in [-0.1, -0.05) is 0 Å². The molecular formula is C14H18O6Se2. The third-order valence-corrected chi connectivity index (χ3v) is 14.5. The zero-order valence-corrected chi connectivity index (χ0v) is 15.7. The van der Waals surface area contributed by atoms with Gasteiger partial charge in [-0.05, 0) is 0 Å². The molecular weight excluding hydrogens is 422 g/mol. The van der Waals surface area contributed by atoms with Crippen LogP contribution in [0.5, 0.6) is 0 Å². The van der Waals surface area contributed by atoms with Crippen LogP contribution >= 0.6 is 0 Å². The van der Waals surface area contributed by atoms with Crippen molar-refractivity contribution in [2.45, 2.75) is 59.1 Å². The number of ether oxygens (including phenoxy) is 4. The number of ketones is 2. The quantitative estimate of drug-likeness (QED) is 0.532. The molecule has 0 unspecified atom stereocenters. The molecule has 0 amide bonds. The van der Waals surface area contributed by atoms with Gasteiger partial charge in [0, 0.05) is 0 Å². The van der Waals surface area contributed by atoms with E-state index in [9.17, 15) is 9.59 Å². The SMILES string of the molecule is CO[C@@H]1[C@@H]([Se][Se][C@H]2[C@H](OC)[C@H]3O[C@@H]2CC3=O)[C@@H]2CC(=O)[C@H]1O2. The summed E-state index contributed by atoms with van der Waals surface area (Å²) >= 11 is 0.679. The van der Waals surface area contributed by atoms with E-state index in [0.29, 0.717) is 48.7 Å². The third-order valence-electron chi connectivity index (χ3n) is 4.88. The Bertz CT molecular complexity index is 456. The molecule has 0 radical (unpaired) electrons. The van der Waals surface area contributed by atoms with Gasteiger partial charge in [-0.3, -0.25) is 0 Å². The van der Waals surface area contributed by atoms with Crippen LogP contribution < -0.4 is 0 Å². The molecule has 4 bridgehead atoms. The van der Waals surface area contributed by atoms with E-state index in [-0.39, 0.29) is 48.2 Å². The van der Waals surface area contributed by atoms with Gasteiger partial charge in [-0.2, -0.15) is 0 Å². The van der Waals surface area contributed by atoms with Gasteiger partial charge in [0.2, 0.25) is 0 Å². The molecule has 0 aromatic rings. The fourth-order valence-corrected chi connectivity index (χ4v) is 15.0. The van der Waals surface area contributed by atoms with Crippen molar-refractivity contribution in [2.75, 3.05) is 14.2 Å². The Hall–Kier alpha value is 0.219. The Labute approximate surface area is 139 Å². The van der Waals surface area contributed by atoms with E-state index in [4.69, 9.17) is 18.9 Å². The van der Waals surface area contributed by atoms with Gasteiger partial charge in [0.1, 0.15) is 0 Å². The molecule has 0 saturated carbocycles. The summed E-state index contributed by atoms with van der Waals surface area (Å²) in [6.07, 6.45) is 0.254. The molecule has 4 fully saturated rings. The summed E-state index contributed by atoms with van der Waals surface area (Å²) in [6, 6.07) is 0. The van der Waals surface area contributed by atoms with Crippen LogP contribution in [0.2, 0.25) is 9.63 Å². The van der Waals surface area contributed by atoms with Crippen molar-refractivity contribution in [3.63, 3.8) is 0 Å². The molecule has 0 spiro atoms. The second-order valence-electron chi connectivity index (χ2n) is 6.05. The summed E-state index contributed by atoms with van der Waals surface area (Å²) in [5.41, 5.74) is 0. The van der Waals surface area contributed by atoms with E-state index in [0.717, 1.165) is 0 Å². The zero-order valence-electron chi connectivity index (χ0n) is 12.3. The predicted molar refractivity (Wildman–Crippen MR) is 77.2 cm³/mol. The molecule has 0 aliphatic carbocycles. The van der Waals surface area contributed by atoms with E-state index >= 15 is 0 Å². The minimum absolute atomic E-state index is 0.0338. The number of carbonyl (C=O) groups is 2. The van der Waals surface area contributed by atoms with Crippen molar-refractivity contribution in [1.29, 1.82) is 0 Å². The molecule has 4 aliphatic heterocycles. The molecule has 0 N–H and O–H groups in total. The van der Waals surface area contributed by atoms with Gasteiger partial charge in [0.05, 0.1) is 0 Å². The summed E-state index contributed by atoms with van der Waals surface area (Å²) in [4.78, 5) is 24.2. The minimum atomic E-state index is -0.353. The first-order valence-corrected chi connectivity index (χ1v) is 13.7. The molecule has 122 valence electrons. The Balaban J connectivity index is 1.41. The Morgan fingerprint density at radius 2 is 1.27 bits per heavy atom. The van der Waals surface area contributed by atoms with Gasteiger partial charge in [0.25, 0.3) is 0 Å². The molecule has 8 heteroatoms. The summed E-state index contributed by atoms with van der Waals surface area (Å²) in [6.45, 7) is 0. The van der Waals surface area contributed by atoms with Gasteiger partial charge >= 0.3 is 140 Å². The average Bonchev–Trinajstić information content (AvgIpc) is 3.22. The predicted octanol–water partition coefficient (Wildman–Crippen LogP) is -0.603. The van der Waals surface area contributed by atoms with Crippen LogP contribution in [0.4, 0.5) is 0 Å². The second-order valence-corrected chi connectivity index (χ2v) is 13.3. The van der Waals surface area contributed by atoms with Crippen molar-refractivity contribution in [3.8, 4) is 0 Å². The molecule has 0 aromatic heterocycles. The van der Waals surface area contributed by atoms with Crippen LogP contribution in [0.15, 0.2) is 0 Å². The normalized spacial score (nSPS) is 49.5. The number of hydrogen-bond acceptors (Lipinski definition) is 6. The van der Waals surface area contributed by atoms with Crippen molar-refractivity contribution in [3.05, 3.63) is 0 Å². The molecule has 6 nitrogen and oxygen atoms in total. The molecule has 4 heterocycles. The molecule has 4 aliphatic rings. The molecule has 0 aromatic carbocycles. The number of hydrogen-bond donors (Lipinski definition) is 0. The summed E-state index contributed by atoms with van der Waals surface area (Å²) < 4.78 is 22.6. The number of carbonyl (C=O) groups excluding carboxylic acids is 2. The second kappa shape index (κ2) is 5.94. The molecule has 4 rings (SSSR count). The summed E-state index contributed by atoms with van der Waals surface area (Å²) in [5.74, 6) is 0.361. The maximum atomic E-state index is 11.8. The fourth-order valence-electron chi connectivity index (χ4n) is 3.81. The maximum absolute atomic E-state index is 11.8. The number of Topliss-reactive ketones (excluding diaryl/α,β-unsaturated/α-hetero) is 2. The average molecular weight is 440 g/mol. The first-order valence-electron chi connectivity index (χ1n) is 7.38. The van der Waals surface area contributed by atoms with Gasteiger partial charge < -0.3 is 0 Å². The van der Waals surface area contributed by atoms with Crippen molar-refractivity contribution in [1.82, 2.24) is 0 Å². The van der Waals surface area contributed by atoms with Crippen LogP contribution in [0.1, 0.15) is 12.8 Å². The van der Waals surface area contributed by atoms with E-state index in [1.165, 1.54) is 0 Å². The molecule has 22 heavy (non-hydrogen) atoms. The first kappa shape index (κ1) is 15.7. The Kier molecular flexibility index (Phi) is 4.25. The van der Waals surface area contributed by atoms with E-state index < -0.39 is 0 Å². The summed E-state index contributed by atoms with van der Waals surface area (Å²) in [5, 5.41) is 0. The van der Waals surface area contributed by atoms with Gasteiger partial charge in [-0.15, -0.1) is 0 Å². The van der Waals surface area contributed by atoms with Crippen molar-refractivity contribution in [2.24, 2.45) is 0 Å². The van der Waals surface area contributed by atoms with Crippen LogP contribution in [0, 0.1) is 0 Å².